The van der Waals surface area contributed by atoms with E-state index in [1.165, 1.54) is 32.1 Å². The van der Waals surface area contributed by atoms with Crippen LogP contribution in [0.3, 0.4) is 0 Å². The van der Waals surface area contributed by atoms with Crippen LogP contribution in [0.25, 0.3) is 10.9 Å². The summed E-state index contributed by atoms with van der Waals surface area (Å²) in [4.78, 5) is 19.5. The molecule has 2 aromatic rings. The van der Waals surface area contributed by atoms with Crippen LogP contribution in [0.15, 0.2) is 30.5 Å². The van der Waals surface area contributed by atoms with Gasteiger partial charge in [0.25, 0.3) is 0 Å². The minimum atomic E-state index is -0.258. The second kappa shape index (κ2) is 11.9. The van der Waals surface area contributed by atoms with Crippen molar-refractivity contribution in [3.8, 4) is 5.75 Å². The number of nitrogens with one attached hydrogen (secondary N) is 2. The predicted molar refractivity (Wildman–Crippen MR) is 125 cm³/mol. The molecule has 0 spiro atoms. The molecule has 3 rings (SSSR count). The molecule has 1 fully saturated rings. The van der Waals surface area contributed by atoms with Gasteiger partial charge in [0, 0.05) is 43.2 Å². The molecule has 170 valence electrons. The van der Waals surface area contributed by atoms with Gasteiger partial charge in [0.15, 0.2) is 0 Å². The van der Waals surface area contributed by atoms with E-state index in [2.05, 4.69) is 27.4 Å². The lowest BCUT2D eigenvalue weighted by Gasteiger charge is -2.38. The second-order valence-corrected chi connectivity index (χ2v) is 8.39. The fourth-order valence-electron chi connectivity index (χ4n) is 4.31. The van der Waals surface area contributed by atoms with Crippen LogP contribution in [0.2, 0.25) is 0 Å². The van der Waals surface area contributed by atoms with E-state index in [1.54, 1.807) is 19.4 Å². The lowest BCUT2D eigenvalue weighted by molar-refractivity contribution is 0.0926. The van der Waals surface area contributed by atoms with E-state index < -0.39 is 0 Å². The second-order valence-electron chi connectivity index (χ2n) is 8.39. The zero-order chi connectivity index (χ0) is 22.1. The number of pyridine rings is 1. The van der Waals surface area contributed by atoms with Crippen LogP contribution < -0.4 is 15.4 Å². The number of unbranched alkanes of at least 4 members (excludes halogenated alkanes) is 4. The number of rotatable bonds is 10. The third-order valence-electron chi connectivity index (χ3n) is 6.14. The monoisotopic (exact) mass is 428 g/mol. The summed E-state index contributed by atoms with van der Waals surface area (Å²) in [5.41, 5.74) is 1.48. The van der Waals surface area contributed by atoms with E-state index in [9.17, 15) is 9.90 Å². The molecule has 0 radical (unpaired) electrons. The topological polar surface area (TPSA) is 86.7 Å². The molecule has 7 heteroatoms. The van der Waals surface area contributed by atoms with Crippen LogP contribution in [-0.2, 0) is 0 Å². The van der Waals surface area contributed by atoms with Gasteiger partial charge in [-0.1, -0.05) is 32.6 Å². The summed E-state index contributed by atoms with van der Waals surface area (Å²) in [5, 5.41) is 16.8. The Labute approximate surface area is 185 Å². The van der Waals surface area contributed by atoms with E-state index in [4.69, 9.17) is 4.74 Å². The molecule has 0 saturated carbocycles. The Bertz CT molecular complexity index is 845. The zero-order valence-corrected chi connectivity index (χ0v) is 18.8. The maximum absolute atomic E-state index is 12.7. The molecule has 0 bridgehead atoms. The lowest BCUT2D eigenvalue weighted by atomic mass is 9.92. The number of hydrogen-bond donors (Lipinski definition) is 3. The quantitative estimate of drug-likeness (QED) is 0.498. The summed E-state index contributed by atoms with van der Waals surface area (Å²) in [6.45, 7) is 5.15. The van der Waals surface area contributed by atoms with Crippen molar-refractivity contribution >= 4 is 22.6 Å². The van der Waals surface area contributed by atoms with Crippen molar-refractivity contribution in [1.82, 2.24) is 15.2 Å². The van der Waals surface area contributed by atoms with Gasteiger partial charge >= 0.3 is 6.03 Å². The molecule has 2 amide bonds. The number of fused-ring (bicyclic) bond motifs is 1. The van der Waals surface area contributed by atoms with Gasteiger partial charge < -0.3 is 25.4 Å². The van der Waals surface area contributed by atoms with E-state index >= 15 is 0 Å². The number of methoxy groups -OCH3 is 1. The number of carbonyl (C=O) groups is 1. The third kappa shape index (κ3) is 6.55. The fourth-order valence-corrected chi connectivity index (χ4v) is 4.31. The molecular formula is C24H36N4O3. The van der Waals surface area contributed by atoms with Crippen molar-refractivity contribution in [2.45, 2.75) is 51.5 Å². The first-order chi connectivity index (χ1) is 15.1. The highest BCUT2D eigenvalue weighted by Gasteiger charge is 2.29. The van der Waals surface area contributed by atoms with Gasteiger partial charge in [0.05, 0.1) is 18.3 Å². The Balaban J connectivity index is 1.54. The summed E-state index contributed by atoms with van der Waals surface area (Å²) in [5.74, 6) is 0.760. The number of ether oxygens (including phenoxy) is 1. The van der Waals surface area contributed by atoms with Crippen LogP contribution in [0.4, 0.5) is 10.5 Å². The Morgan fingerprint density at radius 2 is 2.10 bits per heavy atom. The minimum Gasteiger partial charge on any atom is -0.497 e. The number of carbonyl (C=O) groups excluding carboxylic acids is 1. The zero-order valence-electron chi connectivity index (χ0n) is 18.8. The van der Waals surface area contributed by atoms with Gasteiger partial charge in [-0.2, -0.15) is 0 Å². The van der Waals surface area contributed by atoms with Gasteiger partial charge in [0.2, 0.25) is 0 Å². The summed E-state index contributed by atoms with van der Waals surface area (Å²) in [6.07, 6.45) is 8.86. The Morgan fingerprint density at radius 3 is 2.87 bits per heavy atom. The molecule has 1 saturated heterocycles. The smallest absolute Gasteiger partial charge is 0.319 e. The summed E-state index contributed by atoms with van der Waals surface area (Å²) in [7, 11) is 1.62. The molecule has 0 unspecified atom stereocenters. The molecule has 7 nitrogen and oxygen atoms in total. The highest BCUT2D eigenvalue weighted by atomic mass is 16.5. The molecule has 1 aliphatic rings. The first-order valence-electron chi connectivity index (χ1n) is 11.5. The van der Waals surface area contributed by atoms with Crippen molar-refractivity contribution in [3.63, 3.8) is 0 Å². The SMILES string of the molecule is CCCCCCCN1CC[C@@H](NC(=O)Nc2ccnc3ccc(OC)cc23)[C@H](CO)C1. The lowest BCUT2D eigenvalue weighted by Crippen LogP contribution is -2.53. The number of aliphatic hydroxyl groups is 1. The molecule has 1 aromatic heterocycles. The maximum Gasteiger partial charge on any atom is 0.319 e. The highest BCUT2D eigenvalue weighted by molar-refractivity contribution is 6.00. The van der Waals surface area contributed by atoms with Crippen molar-refractivity contribution < 1.29 is 14.6 Å². The van der Waals surface area contributed by atoms with Gasteiger partial charge in [0.1, 0.15) is 5.75 Å². The molecule has 31 heavy (non-hydrogen) atoms. The number of amides is 2. The third-order valence-corrected chi connectivity index (χ3v) is 6.14. The highest BCUT2D eigenvalue weighted by Crippen LogP contribution is 2.26. The Morgan fingerprint density at radius 1 is 1.26 bits per heavy atom. The number of aromatic nitrogens is 1. The average Bonchev–Trinajstić information content (AvgIpc) is 2.79. The molecule has 2 atom stereocenters. The van der Waals surface area contributed by atoms with Crippen LogP contribution in [-0.4, -0.2) is 60.4 Å². The molecular weight excluding hydrogens is 392 g/mol. The maximum atomic E-state index is 12.7. The number of aliphatic hydroxyl groups excluding tert-OH is 1. The van der Waals surface area contributed by atoms with E-state index in [-0.39, 0.29) is 24.6 Å². The molecule has 2 heterocycles. The summed E-state index contributed by atoms with van der Waals surface area (Å²) < 4.78 is 5.30. The minimum absolute atomic E-state index is 0.0380. The number of benzene rings is 1. The van der Waals surface area contributed by atoms with Gasteiger partial charge in [-0.15, -0.1) is 0 Å². The molecule has 0 aliphatic carbocycles. The van der Waals surface area contributed by atoms with Crippen LogP contribution in [0.5, 0.6) is 5.75 Å². The van der Waals surface area contributed by atoms with Gasteiger partial charge in [-0.05, 0) is 43.7 Å². The average molecular weight is 429 g/mol. The Hall–Kier alpha value is -2.38. The first kappa shape index (κ1) is 23.3. The first-order valence-corrected chi connectivity index (χ1v) is 11.5. The normalized spacial score (nSPS) is 19.3. The summed E-state index contributed by atoms with van der Waals surface area (Å²) in [6, 6.07) is 7.08. The number of urea groups is 1. The standard InChI is InChI=1S/C24H36N4O3/c1-3-4-5-6-7-13-28-14-11-21(18(16-28)17-29)26-24(30)27-23-10-12-25-22-9-8-19(31-2)15-20(22)23/h8-10,12,15,18,21,29H,3-7,11,13-14,16-17H2,1-2H3,(H2,25,26,27,30)/t18-,21+/m0/s1. The van der Waals surface area contributed by atoms with Crippen LogP contribution in [0.1, 0.15) is 45.4 Å². The molecule has 3 N–H and O–H groups in total. The predicted octanol–water partition coefficient (Wildman–Crippen LogP) is 4.02. The van der Waals surface area contributed by atoms with Crippen molar-refractivity contribution in [2.24, 2.45) is 5.92 Å². The Kier molecular flexibility index (Phi) is 8.91. The largest absolute Gasteiger partial charge is 0.497 e. The summed E-state index contributed by atoms with van der Waals surface area (Å²) >= 11 is 0. The number of likely N-dealkylation sites (tertiary alicyclic amines) is 1. The van der Waals surface area contributed by atoms with Crippen LogP contribution in [0, 0.1) is 5.92 Å². The van der Waals surface area contributed by atoms with E-state index in [0.29, 0.717) is 11.4 Å². The number of anilines is 1. The molecule has 1 aliphatic heterocycles. The van der Waals surface area contributed by atoms with Crippen molar-refractivity contribution in [2.75, 3.05) is 38.7 Å². The van der Waals surface area contributed by atoms with E-state index in [0.717, 1.165) is 37.0 Å². The molecule has 1 aromatic carbocycles. The van der Waals surface area contributed by atoms with Gasteiger partial charge in [-0.25, -0.2) is 4.79 Å². The number of hydrogen-bond acceptors (Lipinski definition) is 5. The fraction of sp³-hybridized carbons (Fsp3) is 0.583. The van der Waals surface area contributed by atoms with Crippen molar-refractivity contribution in [1.29, 1.82) is 0 Å². The van der Waals surface area contributed by atoms with E-state index in [1.807, 2.05) is 18.2 Å². The number of nitrogens with zero attached hydrogens (tertiary/aromatic N) is 2. The van der Waals surface area contributed by atoms with Gasteiger partial charge in [-0.3, -0.25) is 4.98 Å². The number of piperidine rings is 1. The van der Waals surface area contributed by atoms with Crippen molar-refractivity contribution in [3.05, 3.63) is 30.5 Å². The van der Waals surface area contributed by atoms with Crippen LogP contribution >= 0.6 is 0 Å².